The Bertz CT molecular complexity index is 2870. The Morgan fingerprint density at radius 3 is 1.85 bits per heavy atom. The molecule has 2 heterocycles. The molecule has 59 heavy (non-hydrogen) atoms. The Balaban J connectivity index is 1.15. The third-order valence-electron chi connectivity index (χ3n) is 13.0. The lowest BCUT2D eigenvalue weighted by molar-refractivity contribution is 0.0702. The highest BCUT2D eigenvalue weighted by Crippen LogP contribution is 2.55. The molecular weight excluding hydrogens is 723 g/mol. The highest BCUT2D eigenvalue weighted by atomic mass is 16.3. The predicted octanol–water partition coefficient (Wildman–Crippen LogP) is 13.3. The van der Waals surface area contributed by atoms with E-state index >= 15 is 0 Å². The Morgan fingerprint density at radius 1 is 0.593 bits per heavy atom. The number of rotatable bonds is 7. The van der Waals surface area contributed by atoms with Crippen LogP contribution in [0, 0.1) is 40.4 Å². The molecule has 286 valence electrons. The van der Waals surface area contributed by atoms with Crippen LogP contribution in [0.3, 0.4) is 0 Å². The Labute approximate surface area is 344 Å². The molecule has 0 aliphatic heterocycles. The molecule has 1 unspecified atom stereocenters. The number of aromatic nitrogens is 3. The van der Waals surface area contributed by atoms with Crippen molar-refractivity contribution in [3.05, 3.63) is 150 Å². The maximum absolute atomic E-state index is 9.50. The van der Waals surface area contributed by atoms with E-state index in [4.69, 9.17) is 19.4 Å². The molecule has 2 aromatic heterocycles. The lowest BCUT2D eigenvalue weighted by Crippen LogP contribution is -2.42. The first-order chi connectivity index (χ1) is 28.9. The van der Waals surface area contributed by atoms with Gasteiger partial charge >= 0.3 is 0 Å². The number of fused-ring (bicyclic) bond motifs is 5. The molecule has 0 spiro atoms. The molecule has 0 radical (unpaired) electrons. The molecule has 2 saturated carbocycles. The summed E-state index contributed by atoms with van der Waals surface area (Å²) in [5, 5.41) is 21.2. The molecule has 2 bridgehead atoms. The summed E-state index contributed by atoms with van der Waals surface area (Å²) in [4.78, 5) is 15.1. The first kappa shape index (κ1) is 36.5. The van der Waals surface area contributed by atoms with E-state index in [0.29, 0.717) is 28.6 Å². The van der Waals surface area contributed by atoms with Gasteiger partial charge in [0.05, 0.1) is 23.3 Å². The van der Waals surface area contributed by atoms with Crippen LogP contribution in [0.1, 0.15) is 69.1 Å². The molecule has 0 amide bonds. The van der Waals surface area contributed by atoms with Crippen LogP contribution >= 0.6 is 0 Å². The lowest BCUT2D eigenvalue weighted by atomic mass is 9.54. The molecule has 0 saturated heterocycles. The normalized spacial score (nSPS) is 20.0. The zero-order valence-electron chi connectivity index (χ0n) is 33.3. The minimum atomic E-state index is 0.248. The van der Waals surface area contributed by atoms with Gasteiger partial charge < -0.3 is 4.42 Å². The van der Waals surface area contributed by atoms with Gasteiger partial charge in [0.1, 0.15) is 11.2 Å². The molecule has 4 atom stereocenters. The summed E-state index contributed by atoms with van der Waals surface area (Å²) in [7, 11) is 0. The minimum absolute atomic E-state index is 0.248. The smallest absolute Gasteiger partial charge is 0.164 e. The van der Waals surface area contributed by atoms with Gasteiger partial charge in [-0.3, -0.25) is 0 Å². The second-order valence-electron chi connectivity index (χ2n) is 17.0. The Kier molecular flexibility index (Phi) is 9.15. The van der Waals surface area contributed by atoms with Gasteiger partial charge in [0.25, 0.3) is 0 Å². The summed E-state index contributed by atoms with van der Waals surface area (Å²) in [5.74, 6) is 3.86. The third-order valence-corrected chi connectivity index (χ3v) is 13.0. The van der Waals surface area contributed by atoms with Crippen LogP contribution in [-0.4, -0.2) is 15.0 Å². The van der Waals surface area contributed by atoms with E-state index in [1.165, 1.54) is 44.1 Å². The van der Waals surface area contributed by atoms with Gasteiger partial charge in [0, 0.05) is 33.0 Å². The molecule has 2 fully saturated rings. The molecule has 10 rings (SSSR count). The van der Waals surface area contributed by atoms with E-state index in [-0.39, 0.29) is 5.41 Å². The number of furan rings is 1. The van der Waals surface area contributed by atoms with Gasteiger partial charge in [-0.05, 0) is 150 Å². The number of nitrogens with zero attached hydrogens (tertiary/aromatic N) is 5. The first-order valence-corrected chi connectivity index (χ1v) is 20.8. The zero-order chi connectivity index (χ0) is 40.1. The zero-order valence-corrected chi connectivity index (χ0v) is 33.3. The minimum Gasteiger partial charge on any atom is -0.455 e. The van der Waals surface area contributed by atoms with Crippen LogP contribution < -0.4 is 0 Å². The summed E-state index contributed by atoms with van der Waals surface area (Å²) in [6, 6.07) is 49.6. The standard InChI is InChI=1S/C53H43N5O/c1-3-34-24-37-23-33(2)28-53(29-34,30-37)44-21-19-38(20-22-44)41-25-42(45-8-6-9-47-46-7-4-5-10-48(46)59-49(45)47)27-43(26-41)52-57-50(39-15-11-35(31-54)12-16-39)56-51(58-52)40-17-13-36(32-55)14-18-40/h4-22,25-27,33-34,37H,3,23-24,28-30H2,1-2H3/t33-,34+,37-,53?/m0/s1. The van der Waals surface area contributed by atoms with Crippen LogP contribution in [0.4, 0.5) is 0 Å². The monoisotopic (exact) mass is 765 g/mol. The average Bonchev–Trinajstić information content (AvgIpc) is 3.67. The first-order valence-electron chi connectivity index (χ1n) is 20.8. The maximum atomic E-state index is 9.50. The van der Waals surface area contributed by atoms with E-state index in [1.807, 2.05) is 42.5 Å². The maximum Gasteiger partial charge on any atom is 0.164 e. The fourth-order valence-electron chi connectivity index (χ4n) is 10.4. The SMILES string of the molecule is CC[C@@H]1C[C@@H]2C[C@H](C)CC(c3ccc(-c4cc(-c5nc(-c6ccc(C#N)cc6)nc(-c6ccc(C#N)cc6)n5)cc(-c5cccc6c5oc5ccccc56)c4)cc3)(C1)C2. The van der Waals surface area contributed by atoms with Crippen LogP contribution in [-0.2, 0) is 5.41 Å². The van der Waals surface area contributed by atoms with Crippen molar-refractivity contribution in [3.8, 4) is 68.6 Å². The Morgan fingerprint density at radius 2 is 1.19 bits per heavy atom. The van der Waals surface area contributed by atoms with Gasteiger partial charge in [-0.15, -0.1) is 0 Å². The lowest BCUT2D eigenvalue weighted by Gasteiger charge is -2.51. The molecular formula is C53H43N5O. The summed E-state index contributed by atoms with van der Waals surface area (Å²) >= 11 is 0. The molecule has 6 aromatic carbocycles. The van der Waals surface area contributed by atoms with Crippen molar-refractivity contribution in [2.45, 2.75) is 57.8 Å². The highest BCUT2D eigenvalue weighted by molar-refractivity contribution is 6.09. The molecule has 8 aromatic rings. The number of benzene rings is 6. The highest BCUT2D eigenvalue weighted by Gasteiger charge is 2.45. The number of hydrogen-bond donors (Lipinski definition) is 0. The number of hydrogen-bond acceptors (Lipinski definition) is 6. The van der Waals surface area contributed by atoms with Crippen LogP contribution in [0.25, 0.3) is 78.4 Å². The van der Waals surface area contributed by atoms with E-state index in [2.05, 4.69) is 92.7 Å². The van der Waals surface area contributed by atoms with Crippen molar-refractivity contribution in [3.63, 3.8) is 0 Å². The predicted molar refractivity (Wildman–Crippen MR) is 235 cm³/mol. The van der Waals surface area contributed by atoms with Crippen molar-refractivity contribution < 1.29 is 4.42 Å². The van der Waals surface area contributed by atoms with E-state index in [9.17, 15) is 10.5 Å². The summed E-state index contributed by atoms with van der Waals surface area (Å²) in [5.41, 5.74) is 11.1. The van der Waals surface area contributed by atoms with Crippen molar-refractivity contribution in [1.82, 2.24) is 15.0 Å². The van der Waals surface area contributed by atoms with Gasteiger partial charge in [-0.25, -0.2) is 15.0 Å². The Hall–Kier alpha value is -6.89. The average molecular weight is 766 g/mol. The number of para-hydroxylation sites is 2. The van der Waals surface area contributed by atoms with Gasteiger partial charge in [-0.2, -0.15) is 10.5 Å². The second kappa shape index (κ2) is 14.8. The molecule has 6 nitrogen and oxygen atoms in total. The summed E-state index contributed by atoms with van der Waals surface area (Å²) in [6.45, 7) is 4.83. The van der Waals surface area contributed by atoms with E-state index in [0.717, 1.165) is 78.6 Å². The second-order valence-corrected chi connectivity index (χ2v) is 17.0. The fourth-order valence-corrected chi connectivity index (χ4v) is 10.4. The van der Waals surface area contributed by atoms with Crippen molar-refractivity contribution in [2.75, 3.05) is 0 Å². The molecule has 0 N–H and O–H groups in total. The van der Waals surface area contributed by atoms with Crippen LogP contribution in [0.15, 0.2) is 138 Å². The van der Waals surface area contributed by atoms with Gasteiger partial charge in [0.2, 0.25) is 0 Å². The third kappa shape index (κ3) is 6.75. The molecule has 2 aliphatic rings. The van der Waals surface area contributed by atoms with Crippen molar-refractivity contribution in [2.24, 2.45) is 17.8 Å². The van der Waals surface area contributed by atoms with Crippen molar-refractivity contribution in [1.29, 1.82) is 10.5 Å². The van der Waals surface area contributed by atoms with Gasteiger partial charge in [-0.1, -0.05) is 80.9 Å². The fraction of sp³-hybridized carbons (Fsp3) is 0.226. The molecule has 2 aliphatic carbocycles. The van der Waals surface area contributed by atoms with E-state index < -0.39 is 0 Å². The number of nitriles is 2. The van der Waals surface area contributed by atoms with Gasteiger partial charge in [0.15, 0.2) is 17.5 Å². The topological polar surface area (TPSA) is 99.4 Å². The van der Waals surface area contributed by atoms with Crippen molar-refractivity contribution >= 4 is 21.9 Å². The largest absolute Gasteiger partial charge is 0.455 e. The summed E-state index contributed by atoms with van der Waals surface area (Å²) in [6.07, 6.45) is 7.86. The van der Waals surface area contributed by atoms with Crippen LogP contribution in [0.5, 0.6) is 0 Å². The van der Waals surface area contributed by atoms with Crippen LogP contribution in [0.2, 0.25) is 0 Å². The molecule has 6 heteroatoms. The quantitative estimate of drug-likeness (QED) is 0.160. The summed E-state index contributed by atoms with van der Waals surface area (Å²) < 4.78 is 6.58. The van der Waals surface area contributed by atoms with E-state index in [1.54, 1.807) is 24.3 Å².